The molecule has 0 aliphatic carbocycles. The summed E-state index contributed by atoms with van der Waals surface area (Å²) in [6.45, 7) is 7.93. The third-order valence-electron chi connectivity index (χ3n) is 3.42. The molecule has 1 rings (SSSR count). The lowest BCUT2D eigenvalue weighted by Gasteiger charge is -2.37. The third-order valence-corrected chi connectivity index (χ3v) is 3.42. The maximum atomic E-state index is 11.4. The van der Waals surface area contributed by atoms with Gasteiger partial charge < -0.3 is 14.7 Å². The fourth-order valence-corrected chi connectivity index (χ4v) is 2.29. The van der Waals surface area contributed by atoms with E-state index in [1.807, 2.05) is 0 Å². The van der Waals surface area contributed by atoms with E-state index in [1.165, 1.54) is 0 Å². The summed E-state index contributed by atoms with van der Waals surface area (Å²) in [5.74, 6) is -0.662. The van der Waals surface area contributed by atoms with Gasteiger partial charge in [0, 0.05) is 19.8 Å². The summed E-state index contributed by atoms with van der Waals surface area (Å²) in [5, 5.41) is 9.42. The van der Waals surface area contributed by atoms with Crippen LogP contribution in [0.15, 0.2) is 0 Å². The van der Waals surface area contributed by atoms with Crippen molar-refractivity contribution in [1.82, 2.24) is 4.90 Å². The highest BCUT2D eigenvalue weighted by atomic mass is 16.5. The number of hydrogen-bond acceptors (Lipinski definition) is 3. The van der Waals surface area contributed by atoms with E-state index < -0.39 is 11.4 Å². The number of carboxylic acids is 1. The van der Waals surface area contributed by atoms with Gasteiger partial charge in [-0.15, -0.1) is 0 Å². The van der Waals surface area contributed by atoms with Crippen LogP contribution in [0.1, 0.15) is 33.1 Å². The molecule has 4 heteroatoms. The molecule has 1 saturated heterocycles. The number of carbonyl (C=O) groups is 1. The van der Waals surface area contributed by atoms with Gasteiger partial charge in [0.05, 0.1) is 5.41 Å². The van der Waals surface area contributed by atoms with E-state index in [-0.39, 0.29) is 0 Å². The van der Waals surface area contributed by atoms with Gasteiger partial charge in [0.25, 0.3) is 0 Å². The van der Waals surface area contributed by atoms with E-state index in [0.29, 0.717) is 32.6 Å². The van der Waals surface area contributed by atoms with Crippen LogP contribution in [0.3, 0.4) is 0 Å². The first kappa shape index (κ1) is 13.5. The molecule has 0 amide bonds. The quantitative estimate of drug-likeness (QED) is 0.751. The molecule has 0 aromatic heterocycles. The van der Waals surface area contributed by atoms with Crippen LogP contribution in [0.5, 0.6) is 0 Å². The van der Waals surface area contributed by atoms with Gasteiger partial charge in [-0.2, -0.15) is 0 Å². The van der Waals surface area contributed by atoms with Crippen molar-refractivity contribution in [2.24, 2.45) is 5.41 Å². The van der Waals surface area contributed by atoms with Gasteiger partial charge >= 0.3 is 5.97 Å². The van der Waals surface area contributed by atoms with Gasteiger partial charge in [0.1, 0.15) is 0 Å². The van der Waals surface area contributed by atoms with Crippen LogP contribution in [0.4, 0.5) is 0 Å². The minimum Gasteiger partial charge on any atom is -0.481 e. The number of rotatable bonds is 6. The summed E-state index contributed by atoms with van der Waals surface area (Å²) in [7, 11) is 0. The first-order valence-electron chi connectivity index (χ1n) is 6.18. The van der Waals surface area contributed by atoms with Crippen LogP contribution in [0.25, 0.3) is 0 Å². The van der Waals surface area contributed by atoms with Crippen molar-refractivity contribution in [3.63, 3.8) is 0 Å². The second-order valence-corrected chi connectivity index (χ2v) is 4.57. The Bertz CT molecular complexity index is 224. The molecule has 0 bridgehead atoms. The Balaban J connectivity index is 2.65. The minimum atomic E-state index is -0.662. The summed E-state index contributed by atoms with van der Waals surface area (Å²) in [6, 6.07) is 0. The van der Waals surface area contributed by atoms with Crippen molar-refractivity contribution in [2.75, 3.05) is 32.8 Å². The highest BCUT2D eigenvalue weighted by molar-refractivity contribution is 5.75. The molecule has 0 spiro atoms. The molecule has 1 aliphatic rings. The van der Waals surface area contributed by atoms with Gasteiger partial charge in [-0.3, -0.25) is 4.79 Å². The molecular weight excluding hydrogens is 206 g/mol. The molecule has 0 atom stereocenters. The molecule has 4 nitrogen and oxygen atoms in total. The van der Waals surface area contributed by atoms with Gasteiger partial charge in [-0.1, -0.05) is 13.8 Å². The fourth-order valence-electron chi connectivity index (χ4n) is 2.29. The van der Waals surface area contributed by atoms with Gasteiger partial charge in [-0.25, -0.2) is 0 Å². The molecule has 1 fully saturated rings. The smallest absolute Gasteiger partial charge is 0.311 e. The number of carboxylic acid groups (broad SMARTS) is 1. The highest BCUT2D eigenvalue weighted by Crippen LogP contribution is 2.31. The molecular formula is C12H23NO3. The normalized spacial score (nSPS) is 19.9. The molecule has 0 radical (unpaired) electrons. The Labute approximate surface area is 97.6 Å². The number of aliphatic carboxylic acids is 1. The monoisotopic (exact) mass is 229 g/mol. The Kier molecular flexibility index (Phi) is 5.22. The molecule has 1 N–H and O–H groups in total. The summed E-state index contributed by atoms with van der Waals surface area (Å²) >= 11 is 0. The zero-order valence-corrected chi connectivity index (χ0v) is 10.4. The van der Waals surface area contributed by atoms with Gasteiger partial charge in [0.2, 0.25) is 0 Å². The van der Waals surface area contributed by atoms with E-state index in [1.54, 1.807) is 0 Å². The number of hydrogen-bond donors (Lipinski definition) is 1. The minimum absolute atomic E-state index is 0.579. The molecule has 0 aromatic rings. The first-order chi connectivity index (χ1) is 7.64. The lowest BCUT2D eigenvalue weighted by molar-refractivity contribution is -0.156. The van der Waals surface area contributed by atoms with Crippen molar-refractivity contribution < 1.29 is 14.6 Å². The van der Waals surface area contributed by atoms with Crippen molar-refractivity contribution in [3.8, 4) is 0 Å². The predicted molar refractivity (Wildman–Crippen MR) is 62.5 cm³/mol. The largest absolute Gasteiger partial charge is 0.481 e. The topological polar surface area (TPSA) is 49.8 Å². The standard InChI is InChI=1S/C12H23NO3/c1-3-7-13(4-2)10-12(11(14)15)5-8-16-9-6-12/h3-10H2,1-2H3,(H,14,15). The Morgan fingerprint density at radius 2 is 2.00 bits per heavy atom. The second-order valence-electron chi connectivity index (χ2n) is 4.57. The van der Waals surface area contributed by atoms with Crippen molar-refractivity contribution in [1.29, 1.82) is 0 Å². The Morgan fingerprint density at radius 1 is 1.38 bits per heavy atom. The molecule has 94 valence electrons. The number of ether oxygens (including phenoxy) is 1. The van der Waals surface area contributed by atoms with Crippen LogP contribution in [0, 0.1) is 5.41 Å². The van der Waals surface area contributed by atoms with E-state index in [2.05, 4.69) is 18.7 Å². The lowest BCUT2D eigenvalue weighted by Crippen LogP contribution is -2.46. The molecule has 0 unspecified atom stereocenters. The summed E-state index contributed by atoms with van der Waals surface area (Å²) in [4.78, 5) is 13.7. The van der Waals surface area contributed by atoms with Crippen LogP contribution in [-0.2, 0) is 9.53 Å². The SMILES string of the molecule is CCCN(CC)CC1(C(=O)O)CCOCC1. The Morgan fingerprint density at radius 3 is 2.44 bits per heavy atom. The average Bonchev–Trinajstić information content (AvgIpc) is 2.29. The molecule has 16 heavy (non-hydrogen) atoms. The Hall–Kier alpha value is -0.610. The number of nitrogens with zero attached hydrogens (tertiary/aromatic N) is 1. The fraction of sp³-hybridized carbons (Fsp3) is 0.917. The van der Waals surface area contributed by atoms with Gasteiger partial charge in [0.15, 0.2) is 0 Å². The van der Waals surface area contributed by atoms with Crippen LogP contribution in [0.2, 0.25) is 0 Å². The summed E-state index contributed by atoms with van der Waals surface area (Å²) in [5.41, 5.74) is -0.580. The van der Waals surface area contributed by atoms with Crippen molar-refractivity contribution >= 4 is 5.97 Å². The summed E-state index contributed by atoms with van der Waals surface area (Å²) < 4.78 is 5.27. The first-order valence-corrected chi connectivity index (χ1v) is 6.18. The molecule has 0 aromatic carbocycles. The zero-order chi connectivity index (χ0) is 12.0. The molecule has 1 aliphatic heterocycles. The molecule has 0 saturated carbocycles. The van der Waals surface area contributed by atoms with Crippen LogP contribution >= 0.6 is 0 Å². The van der Waals surface area contributed by atoms with Gasteiger partial charge in [-0.05, 0) is 32.4 Å². The highest BCUT2D eigenvalue weighted by Gasteiger charge is 2.41. The summed E-state index contributed by atoms with van der Waals surface area (Å²) in [6.07, 6.45) is 2.35. The van der Waals surface area contributed by atoms with Crippen molar-refractivity contribution in [2.45, 2.75) is 33.1 Å². The van der Waals surface area contributed by atoms with Crippen LogP contribution < -0.4 is 0 Å². The van der Waals surface area contributed by atoms with Crippen molar-refractivity contribution in [3.05, 3.63) is 0 Å². The van der Waals surface area contributed by atoms with E-state index in [0.717, 1.165) is 19.5 Å². The average molecular weight is 229 g/mol. The maximum absolute atomic E-state index is 11.4. The second kappa shape index (κ2) is 6.21. The third kappa shape index (κ3) is 3.19. The van der Waals surface area contributed by atoms with E-state index in [4.69, 9.17) is 4.74 Å². The van der Waals surface area contributed by atoms with E-state index in [9.17, 15) is 9.90 Å². The zero-order valence-electron chi connectivity index (χ0n) is 10.4. The lowest BCUT2D eigenvalue weighted by atomic mass is 9.79. The maximum Gasteiger partial charge on any atom is 0.311 e. The molecule has 1 heterocycles. The van der Waals surface area contributed by atoms with E-state index >= 15 is 0 Å². The van der Waals surface area contributed by atoms with Crippen LogP contribution in [-0.4, -0.2) is 48.8 Å². The predicted octanol–water partition coefficient (Wildman–Crippen LogP) is 1.60.